The fraction of sp³-hybridized carbons (Fsp3) is 0.667. The van der Waals surface area contributed by atoms with Crippen molar-refractivity contribution >= 4 is 12.1 Å². The molecule has 1 aliphatic heterocycles. The Bertz CT molecular complexity index is 145. The Hall–Kier alpha value is -0.900. The summed E-state index contributed by atoms with van der Waals surface area (Å²) in [5.74, 6) is 0.776. The van der Waals surface area contributed by atoms with Crippen LogP contribution in [0.1, 0.15) is 0 Å². The number of hydrogen-bond donors (Lipinski definition) is 1. The van der Waals surface area contributed by atoms with Crippen LogP contribution in [-0.2, 0) is 9.53 Å². The third-order valence-corrected chi connectivity index (χ3v) is 1.17. The van der Waals surface area contributed by atoms with Gasteiger partial charge < -0.3 is 14.8 Å². The maximum absolute atomic E-state index is 9.89. The highest BCUT2D eigenvalue weighted by Gasteiger charge is 2.02. The zero-order valence-electron chi connectivity index (χ0n) is 5.67. The van der Waals surface area contributed by atoms with Crippen LogP contribution in [-0.4, -0.2) is 38.4 Å². The number of rotatable bonds is 2. The molecule has 0 aromatic heterocycles. The Kier molecular flexibility index (Phi) is 2.89. The summed E-state index contributed by atoms with van der Waals surface area (Å²) in [5, 5.41) is 2.83. The van der Waals surface area contributed by atoms with Gasteiger partial charge in [-0.25, -0.2) is 0 Å². The average molecular weight is 142 g/mol. The van der Waals surface area contributed by atoms with E-state index in [1.54, 1.807) is 0 Å². The van der Waals surface area contributed by atoms with E-state index in [1.807, 2.05) is 0 Å². The SMILES string of the molecule is O=CCNC1=NCCOC1. The van der Waals surface area contributed by atoms with Crippen molar-refractivity contribution in [3.8, 4) is 0 Å². The molecule has 0 aromatic rings. The normalized spacial score (nSPS) is 17.8. The van der Waals surface area contributed by atoms with Gasteiger partial charge in [0.05, 0.1) is 19.7 Å². The molecule has 0 amide bonds. The highest BCUT2D eigenvalue weighted by atomic mass is 16.5. The number of carbonyl (C=O) groups is 1. The van der Waals surface area contributed by atoms with Crippen molar-refractivity contribution in [2.75, 3.05) is 26.3 Å². The van der Waals surface area contributed by atoms with Crippen molar-refractivity contribution in [3.63, 3.8) is 0 Å². The fourth-order valence-electron chi connectivity index (χ4n) is 0.726. The fourth-order valence-corrected chi connectivity index (χ4v) is 0.726. The number of amidine groups is 1. The van der Waals surface area contributed by atoms with Crippen molar-refractivity contribution in [2.24, 2.45) is 4.99 Å². The lowest BCUT2D eigenvalue weighted by Crippen LogP contribution is -2.32. The Balaban J connectivity index is 2.24. The smallest absolute Gasteiger partial charge is 0.139 e. The molecule has 1 aliphatic rings. The van der Waals surface area contributed by atoms with Gasteiger partial charge in [-0.05, 0) is 0 Å². The van der Waals surface area contributed by atoms with Crippen LogP contribution in [0.25, 0.3) is 0 Å². The minimum Gasteiger partial charge on any atom is -0.372 e. The van der Waals surface area contributed by atoms with Gasteiger partial charge in [-0.3, -0.25) is 4.99 Å². The minimum atomic E-state index is 0.322. The first-order valence-corrected chi connectivity index (χ1v) is 3.22. The van der Waals surface area contributed by atoms with Crippen molar-refractivity contribution in [3.05, 3.63) is 0 Å². The molecular formula is C6H10N2O2. The number of nitrogens with zero attached hydrogens (tertiary/aromatic N) is 1. The number of aliphatic imine (C=N–C) groups is 1. The van der Waals surface area contributed by atoms with Gasteiger partial charge in [-0.1, -0.05) is 0 Å². The van der Waals surface area contributed by atoms with Gasteiger partial charge in [-0.15, -0.1) is 0 Å². The van der Waals surface area contributed by atoms with Crippen LogP contribution in [0.5, 0.6) is 0 Å². The van der Waals surface area contributed by atoms with Crippen LogP contribution in [0.2, 0.25) is 0 Å². The van der Waals surface area contributed by atoms with Gasteiger partial charge in [0, 0.05) is 0 Å². The first-order valence-electron chi connectivity index (χ1n) is 3.22. The molecule has 0 aliphatic carbocycles. The van der Waals surface area contributed by atoms with Gasteiger partial charge in [0.2, 0.25) is 0 Å². The number of carbonyl (C=O) groups excluding carboxylic acids is 1. The summed E-state index contributed by atoms with van der Waals surface area (Å²) in [6.07, 6.45) is 0.803. The lowest BCUT2D eigenvalue weighted by atomic mass is 10.5. The topological polar surface area (TPSA) is 50.7 Å². The largest absolute Gasteiger partial charge is 0.372 e. The predicted octanol–water partition coefficient (Wildman–Crippen LogP) is -0.796. The van der Waals surface area contributed by atoms with E-state index < -0.39 is 0 Å². The van der Waals surface area contributed by atoms with Crippen molar-refractivity contribution < 1.29 is 9.53 Å². The quantitative estimate of drug-likeness (QED) is 0.514. The van der Waals surface area contributed by atoms with E-state index in [0.29, 0.717) is 26.3 Å². The Morgan fingerprint density at radius 3 is 3.30 bits per heavy atom. The predicted molar refractivity (Wildman–Crippen MR) is 37.2 cm³/mol. The lowest BCUT2D eigenvalue weighted by Gasteiger charge is -2.12. The van der Waals surface area contributed by atoms with E-state index in [4.69, 9.17) is 4.74 Å². The molecule has 0 bridgehead atoms. The van der Waals surface area contributed by atoms with Crippen molar-refractivity contribution in [1.29, 1.82) is 0 Å². The highest BCUT2D eigenvalue weighted by Crippen LogP contribution is 1.87. The maximum atomic E-state index is 9.89. The summed E-state index contributed by atoms with van der Waals surface area (Å²) >= 11 is 0. The van der Waals surface area contributed by atoms with E-state index in [9.17, 15) is 4.79 Å². The number of hydrogen-bond acceptors (Lipinski definition) is 4. The molecule has 0 aromatic carbocycles. The van der Waals surface area contributed by atoms with E-state index in [0.717, 1.165) is 12.1 Å². The number of ether oxygens (including phenoxy) is 1. The van der Waals surface area contributed by atoms with Gasteiger partial charge in [0.25, 0.3) is 0 Å². The van der Waals surface area contributed by atoms with Crippen molar-refractivity contribution in [1.82, 2.24) is 5.32 Å². The molecule has 0 atom stereocenters. The zero-order chi connectivity index (χ0) is 7.23. The summed E-state index contributed by atoms with van der Waals surface area (Å²) in [7, 11) is 0. The maximum Gasteiger partial charge on any atom is 0.139 e. The van der Waals surface area contributed by atoms with Crippen LogP contribution in [0.3, 0.4) is 0 Å². The Morgan fingerprint density at radius 2 is 2.70 bits per heavy atom. The van der Waals surface area contributed by atoms with E-state index >= 15 is 0 Å². The first-order chi connectivity index (χ1) is 4.93. The van der Waals surface area contributed by atoms with Crippen molar-refractivity contribution in [2.45, 2.75) is 0 Å². The van der Waals surface area contributed by atoms with Gasteiger partial charge in [0.1, 0.15) is 18.7 Å². The molecule has 1 heterocycles. The number of aldehydes is 1. The van der Waals surface area contributed by atoms with Gasteiger partial charge >= 0.3 is 0 Å². The highest BCUT2D eigenvalue weighted by molar-refractivity contribution is 5.85. The van der Waals surface area contributed by atoms with Gasteiger partial charge in [-0.2, -0.15) is 0 Å². The molecule has 0 saturated carbocycles. The molecule has 4 nitrogen and oxygen atoms in total. The monoisotopic (exact) mass is 142 g/mol. The Labute approximate surface area is 59.3 Å². The molecule has 56 valence electrons. The Morgan fingerprint density at radius 1 is 1.80 bits per heavy atom. The molecule has 0 saturated heterocycles. The standard InChI is InChI=1S/C6H10N2O2/c9-3-1-7-6-5-10-4-2-8-6/h3H,1-2,4-5H2,(H,7,8). The van der Waals surface area contributed by atoms with Crippen LogP contribution in [0.4, 0.5) is 0 Å². The molecule has 0 unspecified atom stereocenters. The third-order valence-electron chi connectivity index (χ3n) is 1.17. The average Bonchev–Trinajstić information content (AvgIpc) is 2.03. The summed E-state index contributed by atoms with van der Waals surface area (Å²) < 4.78 is 5.07. The molecular weight excluding hydrogens is 132 g/mol. The lowest BCUT2D eigenvalue weighted by molar-refractivity contribution is -0.106. The molecule has 0 spiro atoms. The summed E-state index contributed by atoms with van der Waals surface area (Å²) in [4.78, 5) is 14.0. The van der Waals surface area contributed by atoms with Crippen LogP contribution in [0.15, 0.2) is 4.99 Å². The third kappa shape index (κ3) is 2.14. The minimum absolute atomic E-state index is 0.322. The second-order valence-electron chi connectivity index (χ2n) is 1.93. The number of nitrogens with one attached hydrogen (secondary N) is 1. The van der Waals surface area contributed by atoms with Crippen LogP contribution < -0.4 is 5.32 Å². The molecule has 0 fully saturated rings. The van der Waals surface area contributed by atoms with Crippen LogP contribution in [0, 0.1) is 0 Å². The van der Waals surface area contributed by atoms with E-state index in [2.05, 4.69) is 10.3 Å². The second kappa shape index (κ2) is 4.00. The van der Waals surface area contributed by atoms with E-state index in [1.165, 1.54) is 0 Å². The molecule has 1 N–H and O–H groups in total. The molecule has 10 heavy (non-hydrogen) atoms. The zero-order valence-corrected chi connectivity index (χ0v) is 5.67. The molecule has 1 rings (SSSR count). The summed E-state index contributed by atoms with van der Waals surface area (Å²) in [6, 6.07) is 0. The summed E-state index contributed by atoms with van der Waals surface area (Å²) in [6.45, 7) is 2.21. The second-order valence-corrected chi connectivity index (χ2v) is 1.93. The molecule has 4 heteroatoms. The first kappa shape index (κ1) is 7.21. The van der Waals surface area contributed by atoms with Crippen LogP contribution >= 0.6 is 0 Å². The van der Waals surface area contributed by atoms with E-state index in [-0.39, 0.29) is 0 Å². The molecule has 0 radical (unpaired) electrons. The van der Waals surface area contributed by atoms with Gasteiger partial charge in [0.15, 0.2) is 0 Å². The summed E-state index contributed by atoms with van der Waals surface area (Å²) in [5.41, 5.74) is 0.